The molecule has 2 atom stereocenters. The van der Waals surface area contributed by atoms with E-state index >= 15 is 0 Å². The van der Waals surface area contributed by atoms with Gasteiger partial charge >= 0.3 is 11.8 Å². The largest absolute Gasteiger partial charge is 0.467 e. The minimum Gasteiger partial charge on any atom is -0.467 e. The van der Waals surface area contributed by atoms with Crippen molar-refractivity contribution in [1.29, 1.82) is 0 Å². The van der Waals surface area contributed by atoms with E-state index in [1.54, 1.807) is 23.5 Å². The molecule has 0 saturated carbocycles. The van der Waals surface area contributed by atoms with Crippen molar-refractivity contribution in [2.45, 2.75) is 25.6 Å². The van der Waals surface area contributed by atoms with Gasteiger partial charge in [-0.25, -0.2) is 0 Å². The van der Waals surface area contributed by atoms with Gasteiger partial charge in [0.1, 0.15) is 5.76 Å². The number of nitrogens with zero attached hydrogens (tertiary/aromatic N) is 2. The Bertz CT molecular complexity index is 984. The van der Waals surface area contributed by atoms with Gasteiger partial charge in [0.15, 0.2) is 0 Å². The highest BCUT2D eigenvalue weighted by Gasteiger charge is 2.31. The molecule has 7 nitrogen and oxygen atoms in total. The number of hydrogen-bond acceptors (Lipinski definition) is 6. The summed E-state index contributed by atoms with van der Waals surface area (Å²) in [6.07, 6.45) is 1.53. The highest BCUT2D eigenvalue weighted by atomic mass is 32.1. The van der Waals surface area contributed by atoms with E-state index in [2.05, 4.69) is 50.8 Å². The highest BCUT2D eigenvalue weighted by molar-refractivity contribution is 7.10. The summed E-state index contributed by atoms with van der Waals surface area (Å²) in [7, 11) is 0. The van der Waals surface area contributed by atoms with Gasteiger partial charge in [-0.3, -0.25) is 14.5 Å². The molecular weight excluding hydrogens is 424 g/mol. The van der Waals surface area contributed by atoms with Gasteiger partial charge in [0.2, 0.25) is 0 Å². The SMILES string of the molecule is C[C@H](NC(=O)C(=O)NCc1ccco1)[C@H](c1cccs1)N1CCN(c2ccccc2)CC1. The number of furan rings is 1. The number of carbonyl (C=O) groups excluding carboxylic acids is 2. The van der Waals surface area contributed by atoms with Crippen LogP contribution in [0.3, 0.4) is 0 Å². The zero-order valence-electron chi connectivity index (χ0n) is 18.1. The molecule has 0 aliphatic carbocycles. The Morgan fingerprint density at radius 2 is 1.78 bits per heavy atom. The van der Waals surface area contributed by atoms with E-state index in [0.29, 0.717) is 5.76 Å². The van der Waals surface area contributed by atoms with E-state index in [1.165, 1.54) is 16.8 Å². The Labute approximate surface area is 192 Å². The molecule has 0 bridgehead atoms. The molecule has 168 valence electrons. The van der Waals surface area contributed by atoms with Crippen LogP contribution in [0.2, 0.25) is 0 Å². The van der Waals surface area contributed by atoms with Crippen molar-refractivity contribution in [3.63, 3.8) is 0 Å². The van der Waals surface area contributed by atoms with Crippen LogP contribution in [-0.2, 0) is 16.1 Å². The van der Waals surface area contributed by atoms with Crippen molar-refractivity contribution in [3.05, 3.63) is 76.9 Å². The van der Waals surface area contributed by atoms with Crippen molar-refractivity contribution in [1.82, 2.24) is 15.5 Å². The zero-order valence-corrected chi connectivity index (χ0v) is 18.9. The van der Waals surface area contributed by atoms with E-state index in [9.17, 15) is 9.59 Å². The van der Waals surface area contributed by atoms with Crippen LogP contribution in [0.25, 0.3) is 0 Å². The summed E-state index contributed by atoms with van der Waals surface area (Å²) in [5.41, 5.74) is 1.23. The fourth-order valence-corrected chi connectivity index (χ4v) is 5.08. The molecule has 8 heteroatoms. The van der Waals surface area contributed by atoms with Gasteiger partial charge < -0.3 is 20.0 Å². The van der Waals surface area contributed by atoms with Crippen LogP contribution < -0.4 is 15.5 Å². The molecular formula is C24H28N4O3S. The number of rotatable bonds is 7. The molecule has 1 saturated heterocycles. The van der Waals surface area contributed by atoms with E-state index < -0.39 is 11.8 Å². The van der Waals surface area contributed by atoms with Crippen LogP contribution in [0, 0.1) is 0 Å². The first kappa shape index (κ1) is 22.1. The first-order valence-electron chi connectivity index (χ1n) is 10.8. The van der Waals surface area contributed by atoms with E-state index in [0.717, 1.165) is 26.2 Å². The van der Waals surface area contributed by atoms with Gasteiger partial charge in [-0.05, 0) is 42.6 Å². The molecule has 2 N–H and O–H groups in total. The number of nitrogens with one attached hydrogen (secondary N) is 2. The number of carbonyl (C=O) groups is 2. The van der Waals surface area contributed by atoms with Crippen LogP contribution in [0.1, 0.15) is 23.6 Å². The zero-order chi connectivity index (χ0) is 22.3. The Hall–Kier alpha value is -3.10. The number of amides is 2. The summed E-state index contributed by atoms with van der Waals surface area (Å²) in [4.78, 5) is 30.8. The maximum Gasteiger partial charge on any atom is 0.309 e. The third-order valence-electron chi connectivity index (χ3n) is 5.71. The maximum absolute atomic E-state index is 12.5. The summed E-state index contributed by atoms with van der Waals surface area (Å²) in [6.45, 7) is 5.73. The lowest BCUT2D eigenvalue weighted by Crippen LogP contribution is -2.53. The lowest BCUT2D eigenvalue weighted by molar-refractivity contribution is -0.140. The van der Waals surface area contributed by atoms with Gasteiger partial charge in [-0.15, -0.1) is 11.3 Å². The van der Waals surface area contributed by atoms with Crippen molar-refractivity contribution in [2.24, 2.45) is 0 Å². The van der Waals surface area contributed by atoms with Crippen LogP contribution >= 0.6 is 11.3 Å². The quantitative estimate of drug-likeness (QED) is 0.539. The Balaban J connectivity index is 1.37. The summed E-state index contributed by atoms with van der Waals surface area (Å²) < 4.78 is 5.20. The van der Waals surface area contributed by atoms with Crippen molar-refractivity contribution < 1.29 is 14.0 Å². The first-order chi connectivity index (χ1) is 15.6. The lowest BCUT2D eigenvalue weighted by atomic mass is 10.0. The van der Waals surface area contributed by atoms with Gasteiger partial charge in [0.25, 0.3) is 0 Å². The highest BCUT2D eigenvalue weighted by Crippen LogP contribution is 2.30. The number of thiophene rings is 1. The molecule has 0 unspecified atom stereocenters. The number of para-hydroxylation sites is 1. The Morgan fingerprint density at radius 1 is 1.00 bits per heavy atom. The molecule has 1 aliphatic heterocycles. The second kappa shape index (κ2) is 10.5. The first-order valence-corrected chi connectivity index (χ1v) is 11.7. The third-order valence-corrected chi connectivity index (χ3v) is 6.65. The second-order valence-electron chi connectivity index (χ2n) is 7.84. The molecule has 4 rings (SSSR count). The fraction of sp³-hybridized carbons (Fsp3) is 0.333. The Morgan fingerprint density at radius 3 is 2.44 bits per heavy atom. The monoisotopic (exact) mass is 452 g/mol. The predicted octanol–water partition coefficient (Wildman–Crippen LogP) is 3.03. The molecule has 3 heterocycles. The third kappa shape index (κ3) is 5.38. The predicted molar refractivity (Wildman–Crippen MR) is 125 cm³/mol. The minimum atomic E-state index is -0.660. The molecule has 0 spiro atoms. The van der Waals surface area contributed by atoms with Gasteiger partial charge in [0.05, 0.1) is 18.8 Å². The molecule has 3 aromatic rings. The average Bonchev–Trinajstić information content (AvgIpc) is 3.53. The number of anilines is 1. The summed E-state index contributed by atoms with van der Waals surface area (Å²) in [6, 6.07) is 17.8. The maximum atomic E-state index is 12.5. The summed E-state index contributed by atoms with van der Waals surface area (Å²) >= 11 is 1.67. The standard InChI is InChI=1S/C24H28N4O3S/c1-18(26-24(30)23(29)25-17-20-9-5-15-31-20)22(21-10-6-16-32-21)28-13-11-27(12-14-28)19-7-3-2-4-8-19/h2-10,15-16,18,22H,11-14,17H2,1H3,(H,25,29)(H,26,30)/t18-,22+/m0/s1. The number of benzene rings is 1. The molecule has 1 aliphatic rings. The van der Waals surface area contributed by atoms with Gasteiger partial charge in [-0.1, -0.05) is 24.3 Å². The lowest BCUT2D eigenvalue weighted by Gasteiger charge is -2.42. The topological polar surface area (TPSA) is 77.8 Å². The molecule has 32 heavy (non-hydrogen) atoms. The molecule has 0 radical (unpaired) electrons. The van der Waals surface area contributed by atoms with Crippen LogP contribution in [-0.4, -0.2) is 48.9 Å². The van der Waals surface area contributed by atoms with Crippen molar-refractivity contribution in [3.8, 4) is 0 Å². The second-order valence-corrected chi connectivity index (χ2v) is 8.82. The minimum absolute atomic E-state index is 0.00903. The van der Waals surface area contributed by atoms with E-state index in [4.69, 9.17) is 4.42 Å². The van der Waals surface area contributed by atoms with Crippen LogP contribution in [0.4, 0.5) is 5.69 Å². The average molecular weight is 453 g/mol. The summed E-state index contributed by atoms with van der Waals surface area (Å²) in [5, 5.41) is 7.56. The molecule has 1 aromatic carbocycles. The van der Waals surface area contributed by atoms with E-state index in [-0.39, 0.29) is 18.6 Å². The van der Waals surface area contributed by atoms with Crippen LogP contribution in [0.15, 0.2) is 70.7 Å². The van der Waals surface area contributed by atoms with Crippen LogP contribution in [0.5, 0.6) is 0 Å². The Kier molecular flexibility index (Phi) is 7.24. The fourth-order valence-electron chi connectivity index (χ4n) is 4.11. The normalized spacial score (nSPS) is 16.3. The van der Waals surface area contributed by atoms with Gasteiger partial charge in [-0.2, -0.15) is 0 Å². The molecule has 1 fully saturated rings. The van der Waals surface area contributed by atoms with E-state index in [1.807, 2.05) is 24.4 Å². The smallest absolute Gasteiger partial charge is 0.309 e. The molecule has 2 amide bonds. The number of piperazine rings is 1. The van der Waals surface area contributed by atoms with Crippen molar-refractivity contribution in [2.75, 3.05) is 31.1 Å². The van der Waals surface area contributed by atoms with Gasteiger partial charge in [0, 0.05) is 42.8 Å². The summed E-state index contributed by atoms with van der Waals surface area (Å²) in [5.74, 6) is -0.687. The number of hydrogen-bond donors (Lipinski definition) is 2. The van der Waals surface area contributed by atoms with Crippen molar-refractivity contribution >= 4 is 28.8 Å². The molecule has 2 aromatic heterocycles.